The van der Waals surface area contributed by atoms with E-state index < -0.39 is 18.2 Å². The first-order valence-electron chi connectivity index (χ1n) is 13.8. The molecule has 2 heterocycles. The van der Waals surface area contributed by atoms with Crippen molar-refractivity contribution in [1.29, 1.82) is 5.26 Å². The highest BCUT2D eigenvalue weighted by Gasteiger charge is 2.25. The van der Waals surface area contributed by atoms with Gasteiger partial charge in [0.2, 0.25) is 0 Å². The molecule has 0 saturated heterocycles. The van der Waals surface area contributed by atoms with E-state index in [-0.39, 0.29) is 5.56 Å². The Bertz CT molecular complexity index is 2120. The van der Waals surface area contributed by atoms with Crippen LogP contribution in [0.3, 0.4) is 0 Å². The molecule has 0 spiro atoms. The maximum absolute atomic E-state index is 14.8. The van der Waals surface area contributed by atoms with Crippen molar-refractivity contribution < 1.29 is 22.7 Å². The average Bonchev–Trinajstić information content (AvgIpc) is 3.37. The van der Waals surface area contributed by atoms with Gasteiger partial charge in [0.1, 0.15) is 11.9 Å². The number of alkyl halides is 2. The van der Waals surface area contributed by atoms with Crippen molar-refractivity contribution in [1.82, 2.24) is 8.96 Å². The zero-order valence-corrected chi connectivity index (χ0v) is 24.9. The fourth-order valence-corrected chi connectivity index (χ4v) is 6.39. The first-order valence-corrected chi connectivity index (χ1v) is 14.6. The third-order valence-corrected chi connectivity index (χ3v) is 8.52. The van der Waals surface area contributed by atoms with E-state index in [0.29, 0.717) is 43.9 Å². The standard InChI is InChI=1S/C36H24F3N3O2S/c1-21-17-25(36(43)44-2)10-14-29(21)23-5-3-6-24(18-23)34-32(33-26(20-40)7-4-16-41-33)30-19-27(37)11-15-31(30)42(34)45-28-12-8-22(9-13-28)35(38)39/h3-19,35H,1-2H3. The Morgan fingerprint density at radius 2 is 1.73 bits per heavy atom. The second-order valence-corrected chi connectivity index (χ2v) is 11.3. The van der Waals surface area contributed by atoms with E-state index in [9.17, 15) is 23.2 Å². The Hall–Kier alpha value is -5.33. The Balaban J connectivity index is 1.62. The molecule has 6 aromatic rings. The Labute approximate surface area is 261 Å². The lowest BCUT2D eigenvalue weighted by Gasteiger charge is -2.15. The zero-order valence-electron chi connectivity index (χ0n) is 24.1. The number of hydrogen-bond acceptors (Lipinski definition) is 5. The number of nitrogens with zero attached hydrogens (tertiary/aromatic N) is 3. The van der Waals surface area contributed by atoms with Crippen molar-refractivity contribution in [3.63, 3.8) is 0 Å². The van der Waals surface area contributed by atoms with Crippen LogP contribution in [0.1, 0.15) is 33.5 Å². The van der Waals surface area contributed by atoms with E-state index in [4.69, 9.17) is 4.74 Å². The predicted molar refractivity (Wildman–Crippen MR) is 169 cm³/mol. The van der Waals surface area contributed by atoms with Gasteiger partial charge in [0.15, 0.2) is 0 Å². The number of rotatable bonds is 7. The first-order chi connectivity index (χ1) is 21.8. The van der Waals surface area contributed by atoms with Gasteiger partial charge in [0, 0.05) is 33.2 Å². The van der Waals surface area contributed by atoms with Crippen molar-refractivity contribution in [2.45, 2.75) is 18.2 Å². The quantitative estimate of drug-likeness (QED) is 0.167. The molecule has 0 unspecified atom stereocenters. The molecule has 0 atom stereocenters. The monoisotopic (exact) mass is 619 g/mol. The van der Waals surface area contributed by atoms with Crippen LogP contribution < -0.4 is 0 Å². The second-order valence-electron chi connectivity index (χ2n) is 10.3. The minimum Gasteiger partial charge on any atom is -0.465 e. The van der Waals surface area contributed by atoms with Gasteiger partial charge in [0.25, 0.3) is 6.43 Å². The number of carbonyl (C=O) groups is 1. The summed E-state index contributed by atoms with van der Waals surface area (Å²) in [4.78, 5) is 17.4. The van der Waals surface area contributed by atoms with Crippen LogP contribution in [0.25, 0.3) is 44.5 Å². The summed E-state index contributed by atoms with van der Waals surface area (Å²) in [5, 5.41) is 10.6. The number of nitriles is 1. The Kier molecular flexibility index (Phi) is 8.16. The number of pyridine rings is 1. The predicted octanol–water partition coefficient (Wildman–Crippen LogP) is 9.64. The molecule has 9 heteroatoms. The van der Waals surface area contributed by atoms with Crippen LogP contribution in [0, 0.1) is 24.1 Å². The SMILES string of the molecule is COC(=O)c1ccc(-c2cccc(-c3c(-c4ncccc4C#N)c4cc(F)ccc4n3Sc3ccc(C(F)F)cc3)c2)c(C)c1. The first kappa shape index (κ1) is 29.7. The number of halogens is 3. The Morgan fingerprint density at radius 1 is 0.956 bits per heavy atom. The summed E-state index contributed by atoms with van der Waals surface area (Å²) >= 11 is 1.29. The third-order valence-electron chi connectivity index (χ3n) is 7.47. The highest BCUT2D eigenvalue weighted by atomic mass is 32.2. The van der Waals surface area contributed by atoms with Crippen LogP contribution in [-0.2, 0) is 4.74 Å². The van der Waals surface area contributed by atoms with Gasteiger partial charge in [-0.05, 0) is 96.2 Å². The lowest BCUT2D eigenvalue weighted by molar-refractivity contribution is 0.0600. The molecular weight excluding hydrogens is 595 g/mol. The zero-order chi connectivity index (χ0) is 31.7. The van der Waals surface area contributed by atoms with E-state index in [0.717, 1.165) is 22.3 Å². The lowest BCUT2D eigenvalue weighted by atomic mass is 9.94. The van der Waals surface area contributed by atoms with E-state index >= 15 is 0 Å². The molecule has 0 saturated carbocycles. The number of methoxy groups -OCH3 is 1. The van der Waals surface area contributed by atoms with Crippen LogP contribution in [-0.4, -0.2) is 22.0 Å². The maximum Gasteiger partial charge on any atom is 0.337 e. The van der Waals surface area contributed by atoms with Gasteiger partial charge >= 0.3 is 5.97 Å². The molecule has 6 rings (SSSR count). The molecular formula is C36H24F3N3O2S. The topological polar surface area (TPSA) is 67.9 Å². The molecule has 0 radical (unpaired) electrons. The molecule has 4 aromatic carbocycles. The van der Waals surface area contributed by atoms with Gasteiger partial charge in [-0.3, -0.25) is 8.96 Å². The van der Waals surface area contributed by atoms with Crippen molar-refractivity contribution in [3.8, 4) is 39.7 Å². The molecule has 0 amide bonds. The van der Waals surface area contributed by atoms with Crippen LogP contribution in [0.4, 0.5) is 13.2 Å². The van der Waals surface area contributed by atoms with Gasteiger partial charge < -0.3 is 4.74 Å². The summed E-state index contributed by atoms with van der Waals surface area (Å²) in [7, 11) is 1.34. The summed E-state index contributed by atoms with van der Waals surface area (Å²) in [5.74, 6) is -0.884. The fourth-order valence-electron chi connectivity index (χ4n) is 5.37. The molecule has 0 aliphatic carbocycles. The van der Waals surface area contributed by atoms with Gasteiger partial charge in [-0.1, -0.05) is 36.4 Å². The van der Waals surface area contributed by atoms with Crippen molar-refractivity contribution in [2.24, 2.45) is 0 Å². The summed E-state index contributed by atoms with van der Waals surface area (Å²) in [6, 6.07) is 29.1. The van der Waals surface area contributed by atoms with Gasteiger partial charge in [-0.2, -0.15) is 5.26 Å². The highest BCUT2D eigenvalue weighted by Crippen LogP contribution is 2.46. The summed E-state index contributed by atoms with van der Waals surface area (Å²) in [6.45, 7) is 1.91. The minimum absolute atomic E-state index is 0.0897. The minimum atomic E-state index is -2.59. The van der Waals surface area contributed by atoms with Crippen molar-refractivity contribution in [3.05, 3.63) is 131 Å². The molecule has 2 aromatic heterocycles. The summed E-state index contributed by atoms with van der Waals surface area (Å²) < 4.78 is 48.2. The Morgan fingerprint density at radius 3 is 2.44 bits per heavy atom. The lowest BCUT2D eigenvalue weighted by Crippen LogP contribution is -2.01. The van der Waals surface area contributed by atoms with E-state index in [1.54, 1.807) is 48.7 Å². The van der Waals surface area contributed by atoms with Crippen molar-refractivity contribution in [2.75, 3.05) is 7.11 Å². The molecule has 0 N–H and O–H groups in total. The summed E-state index contributed by atoms with van der Waals surface area (Å²) in [6.07, 6.45) is -1.01. The number of aromatic nitrogens is 2. The van der Waals surface area contributed by atoms with Crippen molar-refractivity contribution >= 4 is 28.8 Å². The normalized spacial score (nSPS) is 11.1. The number of aryl methyl sites for hydroxylation is 1. The number of fused-ring (bicyclic) bond motifs is 1. The molecule has 0 aliphatic rings. The number of benzene rings is 4. The smallest absolute Gasteiger partial charge is 0.337 e. The number of carbonyl (C=O) groups excluding carboxylic acids is 1. The highest BCUT2D eigenvalue weighted by molar-refractivity contribution is 7.98. The third kappa shape index (κ3) is 5.68. The molecule has 45 heavy (non-hydrogen) atoms. The van der Waals surface area contributed by atoms with E-state index in [1.165, 1.54) is 43.3 Å². The van der Waals surface area contributed by atoms with Crippen LogP contribution in [0.5, 0.6) is 0 Å². The molecule has 0 fully saturated rings. The molecule has 0 aliphatic heterocycles. The second kappa shape index (κ2) is 12.3. The molecule has 5 nitrogen and oxygen atoms in total. The number of esters is 1. The van der Waals surface area contributed by atoms with Gasteiger partial charge in [-0.15, -0.1) is 0 Å². The molecule has 222 valence electrons. The van der Waals surface area contributed by atoms with Crippen LogP contribution >= 0.6 is 11.9 Å². The maximum atomic E-state index is 14.8. The van der Waals surface area contributed by atoms with E-state index in [2.05, 4.69) is 11.1 Å². The largest absolute Gasteiger partial charge is 0.465 e. The fraction of sp³-hybridized carbons (Fsp3) is 0.0833. The molecule has 0 bridgehead atoms. The number of hydrogen-bond donors (Lipinski definition) is 0. The van der Waals surface area contributed by atoms with Gasteiger partial charge in [-0.25, -0.2) is 18.0 Å². The summed E-state index contributed by atoms with van der Waals surface area (Å²) in [5.41, 5.74) is 6.30. The average molecular weight is 620 g/mol. The van der Waals surface area contributed by atoms with Crippen LogP contribution in [0.15, 0.2) is 108 Å². The van der Waals surface area contributed by atoms with Gasteiger partial charge in [0.05, 0.1) is 35.1 Å². The number of ether oxygens (including phenoxy) is 1. The van der Waals surface area contributed by atoms with Crippen LogP contribution in [0.2, 0.25) is 0 Å². The van der Waals surface area contributed by atoms with E-state index in [1.807, 2.05) is 41.2 Å².